The van der Waals surface area contributed by atoms with E-state index in [4.69, 9.17) is 9.47 Å². The van der Waals surface area contributed by atoms with Crippen molar-refractivity contribution >= 4 is 17.3 Å². The molecule has 0 atom stereocenters. The van der Waals surface area contributed by atoms with Crippen molar-refractivity contribution in [2.24, 2.45) is 0 Å². The van der Waals surface area contributed by atoms with Crippen molar-refractivity contribution in [3.63, 3.8) is 0 Å². The van der Waals surface area contributed by atoms with Crippen LogP contribution in [0.1, 0.15) is 28.8 Å². The van der Waals surface area contributed by atoms with Gasteiger partial charge in [0.1, 0.15) is 5.75 Å². The molecule has 4 rings (SSSR count). The van der Waals surface area contributed by atoms with Crippen LogP contribution in [0, 0.1) is 10.1 Å². The fraction of sp³-hybridized carbons (Fsp3) is 0.458. The summed E-state index contributed by atoms with van der Waals surface area (Å²) >= 11 is 0. The molecule has 1 N–H and O–H groups in total. The summed E-state index contributed by atoms with van der Waals surface area (Å²) in [5, 5.41) is 14.4. The van der Waals surface area contributed by atoms with Gasteiger partial charge in [0, 0.05) is 50.9 Å². The number of hydrogen-bond acceptors (Lipinski definition) is 7. The molecule has 0 unspecified atom stereocenters. The Kier molecular flexibility index (Phi) is 7.41. The highest BCUT2D eigenvalue weighted by Gasteiger charge is 2.26. The number of benzene rings is 2. The molecular weight excluding hydrogens is 424 g/mol. The molecule has 9 heteroatoms. The monoisotopic (exact) mass is 454 g/mol. The van der Waals surface area contributed by atoms with Crippen LogP contribution < -0.4 is 15.0 Å². The minimum Gasteiger partial charge on any atom is -0.497 e. The number of nitro benzene ring substituents is 1. The number of rotatable bonds is 7. The van der Waals surface area contributed by atoms with Gasteiger partial charge in [-0.05, 0) is 36.6 Å². The molecule has 0 bridgehead atoms. The van der Waals surface area contributed by atoms with Crippen LogP contribution in [0.25, 0.3) is 0 Å². The highest BCUT2D eigenvalue weighted by molar-refractivity contribution is 6.00. The third kappa shape index (κ3) is 5.80. The maximum Gasteiger partial charge on any atom is 0.270 e. The summed E-state index contributed by atoms with van der Waals surface area (Å²) in [5.74, 6) is 0.592. The predicted octanol–water partition coefficient (Wildman–Crippen LogP) is 2.83. The second-order valence-electron chi connectivity index (χ2n) is 8.43. The molecule has 2 heterocycles. The Bertz CT molecular complexity index is 985. The van der Waals surface area contributed by atoms with Gasteiger partial charge >= 0.3 is 0 Å². The van der Waals surface area contributed by atoms with Gasteiger partial charge in [-0.25, -0.2) is 0 Å². The van der Waals surface area contributed by atoms with Crippen molar-refractivity contribution in [1.29, 1.82) is 0 Å². The molecule has 0 spiro atoms. The van der Waals surface area contributed by atoms with Crippen LogP contribution in [0.4, 0.5) is 11.4 Å². The molecule has 33 heavy (non-hydrogen) atoms. The molecular formula is C24H30N4O5. The minimum absolute atomic E-state index is 0.0378. The molecule has 1 amide bonds. The van der Waals surface area contributed by atoms with Crippen LogP contribution in [0.3, 0.4) is 0 Å². The lowest BCUT2D eigenvalue weighted by Crippen LogP contribution is -2.45. The quantitative estimate of drug-likeness (QED) is 0.508. The maximum atomic E-state index is 13.2. The van der Waals surface area contributed by atoms with Crippen LogP contribution >= 0.6 is 0 Å². The molecule has 0 saturated carbocycles. The van der Waals surface area contributed by atoms with Gasteiger partial charge in [0.15, 0.2) is 0 Å². The van der Waals surface area contributed by atoms with Crippen LogP contribution in [-0.4, -0.2) is 68.3 Å². The molecule has 2 saturated heterocycles. The van der Waals surface area contributed by atoms with Crippen molar-refractivity contribution < 1.29 is 19.2 Å². The summed E-state index contributed by atoms with van der Waals surface area (Å²) in [4.78, 5) is 28.4. The second-order valence-corrected chi connectivity index (χ2v) is 8.43. The van der Waals surface area contributed by atoms with Gasteiger partial charge in [-0.15, -0.1) is 0 Å². The summed E-state index contributed by atoms with van der Waals surface area (Å²) in [6, 6.07) is 12.6. The van der Waals surface area contributed by atoms with Gasteiger partial charge < -0.3 is 19.7 Å². The lowest BCUT2D eigenvalue weighted by molar-refractivity contribution is -0.384. The van der Waals surface area contributed by atoms with E-state index in [0.29, 0.717) is 31.9 Å². The minimum atomic E-state index is -0.461. The summed E-state index contributed by atoms with van der Waals surface area (Å²) in [6.07, 6.45) is 1.66. The Morgan fingerprint density at radius 2 is 1.91 bits per heavy atom. The van der Waals surface area contributed by atoms with E-state index in [1.807, 2.05) is 18.2 Å². The maximum absolute atomic E-state index is 13.2. The van der Waals surface area contributed by atoms with E-state index in [-0.39, 0.29) is 17.6 Å². The number of piperidine rings is 1. The average Bonchev–Trinajstić information content (AvgIpc) is 2.85. The Morgan fingerprint density at radius 3 is 2.61 bits per heavy atom. The summed E-state index contributed by atoms with van der Waals surface area (Å²) in [5.41, 5.74) is 2.19. The van der Waals surface area contributed by atoms with Crippen LogP contribution in [0.15, 0.2) is 42.5 Å². The largest absolute Gasteiger partial charge is 0.497 e. The van der Waals surface area contributed by atoms with Crippen LogP contribution in [0.5, 0.6) is 5.75 Å². The van der Waals surface area contributed by atoms with Crippen molar-refractivity contribution in [1.82, 2.24) is 10.2 Å². The number of ether oxygens (including phenoxy) is 2. The molecule has 9 nitrogen and oxygen atoms in total. The molecule has 0 aliphatic carbocycles. The van der Waals surface area contributed by atoms with E-state index in [9.17, 15) is 14.9 Å². The Labute approximate surface area is 193 Å². The van der Waals surface area contributed by atoms with E-state index in [2.05, 4.69) is 21.2 Å². The third-order valence-electron chi connectivity index (χ3n) is 6.25. The zero-order chi connectivity index (χ0) is 23.2. The first kappa shape index (κ1) is 23.0. The molecule has 0 radical (unpaired) electrons. The molecule has 0 aromatic heterocycles. The van der Waals surface area contributed by atoms with E-state index in [1.165, 1.54) is 17.7 Å². The van der Waals surface area contributed by atoms with Gasteiger partial charge in [0.25, 0.3) is 11.6 Å². The summed E-state index contributed by atoms with van der Waals surface area (Å²) in [6.45, 7) is 5.03. The van der Waals surface area contributed by atoms with E-state index in [1.54, 1.807) is 13.2 Å². The third-order valence-corrected chi connectivity index (χ3v) is 6.25. The number of hydrogen-bond donors (Lipinski definition) is 1. The fourth-order valence-electron chi connectivity index (χ4n) is 4.43. The number of carbonyl (C=O) groups excluding carboxylic acids is 1. The van der Waals surface area contributed by atoms with E-state index >= 15 is 0 Å². The zero-order valence-corrected chi connectivity index (χ0v) is 18.9. The standard InChI is InChI=1S/C24H30N4O5/c1-32-21-4-2-3-18(15-21)17-26-9-7-19(8-10-26)25-24(29)22-16-20(28(30)31)5-6-23(22)27-11-13-33-14-12-27/h2-6,15-16,19H,7-14,17H2,1H3,(H,25,29). The number of likely N-dealkylation sites (tertiary alicyclic amines) is 1. The Morgan fingerprint density at radius 1 is 1.15 bits per heavy atom. The number of methoxy groups -OCH3 is 1. The predicted molar refractivity (Wildman–Crippen MR) is 125 cm³/mol. The lowest BCUT2D eigenvalue weighted by Gasteiger charge is -2.33. The zero-order valence-electron chi connectivity index (χ0n) is 18.9. The van der Waals surface area contributed by atoms with Crippen molar-refractivity contribution in [3.05, 3.63) is 63.7 Å². The normalized spacial score (nSPS) is 17.5. The first-order chi connectivity index (χ1) is 16.0. The average molecular weight is 455 g/mol. The molecule has 2 fully saturated rings. The first-order valence-corrected chi connectivity index (χ1v) is 11.3. The Hall–Kier alpha value is -3.17. The second kappa shape index (κ2) is 10.6. The Balaban J connectivity index is 1.39. The van der Waals surface area contributed by atoms with Gasteiger partial charge in [-0.3, -0.25) is 19.8 Å². The van der Waals surface area contributed by atoms with Crippen molar-refractivity contribution in [3.8, 4) is 5.75 Å². The number of morpholine rings is 1. The number of carbonyl (C=O) groups is 1. The smallest absolute Gasteiger partial charge is 0.270 e. The van der Waals surface area contributed by atoms with Gasteiger partial charge in [0.2, 0.25) is 0 Å². The lowest BCUT2D eigenvalue weighted by atomic mass is 10.0. The highest BCUT2D eigenvalue weighted by atomic mass is 16.6. The topological polar surface area (TPSA) is 97.2 Å². The fourth-order valence-corrected chi connectivity index (χ4v) is 4.43. The summed E-state index contributed by atoms with van der Waals surface area (Å²) < 4.78 is 10.7. The van der Waals surface area contributed by atoms with Gasteiger partial charge in [-0.2, -0.15) is 0 Å². The highest BCUT2D eigenvalue weighted by Crippen LogP contribution is 2.27. The molecule has 2 aromatic rings. The number of anilines is 1. The summed E-state index contributed by atoms with van der Waals surface area (Å²) in [7, 11) is 1.67. The SMILES string of the molecule is COc1cccc(CN2CCC(NC(=O)c3cc([N+](=O)[O-])ccc3N3CCOCC3)CC2)c1. The van der Waals surface area contributed by atoms with Crippen LogP contribution in [0.2, 0.25) is 0 Å². The van der Waals surface area contributed by atoms with Crippen molar-refractivity contribution in [2.45, 2.75) is 25.4 Å². The molecule has 2 aliphatic rings. The van der Waals surface area contributed by atoms with Crippen LogP contribution in [-0.2, 0) is 11.3 Å². The van der Waals surface area contributed by atoms with E-state index in [0.717, 1.165) is 43.9 Å². The van der Waals surface area contributed by atoms with Gasteiger partial charge in [0.05, 0.1) is 36.5 Å². The number of nitro groups is 1. The van der Waals surface area contributed by atoms with E-state index < -0.39 is 4.92 Å². The molecule has 2 aliphatic heterocycles. The number of nitrogens with zero attached hydrogens (tertiary/aromatic N) is 3. The van der Waals surface area contributed by atoms with Crippen molar-refractivity contribution in [2.75, 3.05) is 51.4 Å². The molecule has 2 aromatic carbocycles. The number of nitrogens with one attached hydrogen (secondary N) is 1. The number of amides is 1. The first-order valence-electron chi connectivity index (χ1n) is 11.3. The number of non-ortho nitro benzene ring substituents is 1. The van der Waals surface area contributed by atoms with Gasteiger partial charge in [-0.1, -0.05) is 12.1 Å². The molecule has 176 valence electrons.